The molecule has 0 radical (unpaired) electrons. The maximum Gasteiger partial charge on any atom is 0.388 e. The summed E-state index contributed by atoms with van der Waals surface area (Å²) in [5, 5.41) is 7.14. The van der Waals surface area contributed by atoms with Gasteiger partial charge in [0, 0.05) is 30.9 Å². The fourth-order valence-electron chi connectivity index (χ4n) is 4.55. The first-order valence-electron chi connectivity index (χ1n) is 10.7. The number of nitrogens with zero attached hydrogens (tertiary/aromatic N) is 4. The molecule has 4 rings (SSSR count). The molecular formula is C22H27F2N7O2. The molecule has 0 unspecified atom stereocenters. The molecule has 0 saturated carbocycles. The lowest BCUT2D eigenvalue weighted by molar-refractivity contribution is -0.131. The van der Waals surface area contributed by atoms with Crippen LogP contribution in [-0.4, -0.2) is 51.9 Å². The van der Waals surface area contributed by atoms with Gasteiger partial charge in [-0.05, 0) is 50.3 Å². The second kappa shape index (κ2) is 8.80. The van der Waals surface area contributed by atoms with Crippen molar-refractivity contribution in [3.8, 4) is 5.88 Å². The van der Waals surface area contributed by atoms with Crippen LogP contribution in [-0.2, 0) is 11.2 Å². The predicted octanol–water partition coefficient (Wildman–Crippen LogP) is 2.10. The molecule has 2 atom stereocenters. The molecule has 0 aromatic carbocycles. The van der Waals surface area contributed by atoms with E-state index in [-0.39, 0.29) is 23.2 Å². The Labute approximate surface area is 190 Å². The quantitative estimate of drug-likeness (QED) is 0.270. The van der Waals surface area contributed by atoms with Crippen molar-refractivity contribution in [3.05, 3.63) is 46.8 Å². The number of hydrogen-bond donors (Lipinski definition) is 3. The molecule has 1 saturated heterocycles. The number of anilines is 1. The van der Waals surface area contributed by atoms with E-state index in [0.717, 1.165) is 41.9 Å². The van der Waals surface area contributed by atoms with E-state index in [2.05, 4.69) is 25.1 Å². The number of hydrogen-bond acceptors (Lipinski definition) is 7. The molecule has 2 aliphatic rings. The third kappa shape index (κ3) is 4.53. The summed E-state index contributed by atoms with van der Waals surface area (Å²) in [4.78, 5) is 23.5. The van der Waals surface area contributed by atoms with Gasteiger partial charge < -0.3 is 26.5 Å². The number of fused-ring (bicyclic) bond motifs is 1. The third-order valence-electron chi connectivity index (χ3n) is 6.47. The van der Waals surface area contributed by atoms with E-state index in [4.69, 9.17) is 11.6 Å². The van der Waals surface area contributed by atoms with Crippen molar-refractivity contribution in [2.45, 2.75) is 51.2 Å². The Bertz CT molecular complexity index is 1080. The number of aromatic nitrogens is 2. The Kier molecular flexibility index (Phi) is 6.05. The summed E-state index contributed by atoms with van der Waals surface area (Å²) < 4.78 is 28.9. The van der Waals surface area contributed by atoms with Gasteiger partial charge in [-0.25, -0.2) is 9.97 Å². The van der Waals surface area contributed by atoms with E-state index in [1.54, 1.807) is 13.0 Å². The number of amidine groups is 1. The molecule has 9 nitrogen and oxygen atoms in total. The minimum absolute atomic E-state index is 0.0322. The summed E-state index contributed by atoms with van der Waals surface area (Å²) in [6.45, 7) is 1.89. The molecule has 1 amide bonds. The van der Waals surface area contributed by atoms with Crippen LogP contribution in [0.25, 0.3) is 0 Å². The lowest BCUT2D eigenvalue weighted by Crippen LogP contribution is -2.46. The SMILES string of the molecule is Cc1nc2c(cc1/C(N)=N/N)CC[C@@]1(CCN(C(=O)[C@@H](C)c3ccc(OC(F)F)nc3)C1)N2. The third-order valence-corrected chi connectivity index (χ3v) is 6.47. The van der Waals surface area contributed by atoms with Gasteiger partial charge >= 0.3 is 6.61 Å². The summed E-state index contributed by atoms with van der Waals surface area (Å²) >= 11 is 0. The number of likely N-dealkylation sites (tertiary alicyclic amines) is 1. The van der Waals surface area contributed by atoms with Crippen molar-refractivity contribution in [1.29, 1.82) is 0 Å². The molecule has 2 aliphatic heterocycles. The summed E-state index contributed by atoms with van der Waals surface area (Å²) in [7, 11) is 0. The van der Waals surface area contributed by atoms with E-state index < -0.39 is 12.5 Å². The molecule has 33 heavy (non-hydrogen) atoms. The lowest BCUT2D eigenvalue weighted by atomic mass is 9.86. The van der Waals surface area contributed by atoms with Gasteiger partial charge in [0.05, 0.1) is 17.2 Å². The van der Waals surface area contributed by atoms with Crippen molar-refractivity contribution in [2.75, 3.05) is 18.4 Å². The topological polar surface area (TPSA) is 132 Å². The Hall–Kier alpha value is -3.50. The van der Waals surface area contributed by atoms with Crippen molar-refractivity contribution in [2.24, 2.45) is 16.7 Å². The van der Waals surface area contributed by atoms with E-state index in [9.17, 15) is 13.6 Å². The van der Waals surface area contributed by atoms with Crippen LogP contribution in [0.15, 0.2) is 29.5 Å². The van der Waals surface area contributed by atoms with Crippen LogP contribution < -0.4 is 21.6 Å². The minimum Gasteiger partial charge on any atom is -0.417 e. The molecule has 2 aromatic heterocycles. The number of aryl methyl sites for hydroxylation is 2. The van der Waals surface area contributed by atoms with Gasteiger partial charge in [-0.2, -0.15) is 13.9 Å². The van der Waals surface area contributed by atoms with E-state index in [1.165, 1.54) is 12.3 Å². The number of amides is 1. The van der Waals surface area contributed by atoms with Gasteiger partial charge in [-0.15, -0.1) is 0 Å². The van der Waals surface area contributed by atoms with Crippen LogP contribution in [0.4, 0.5) is 14.6 Å². The highest BCUT2D eigenvalue weighted by atomic mass is 19.3. The number of ether oxygens (including phenoxy) is 1. The number of carbonyl (C=O) groups is 1. The van der Waals surface area contributed by atoms with Crippen LogP contribution in [0.1, 0.15) is 48.1 Å². The van der Waals surface area contributed by atoms with Gasteiger partial charge in [0.1, 0.15) is 5.82 Å². The number of rotatable bonds is 5. The second-order valence-corrected chi connectivity index (χ2v) is 8.59. The predicted molar refractivity (Wildman–Crippen MR) is 119 cm³/mol. The summed E-state index contributed by atoms with van der Waals surface area (Å²) in [6.07, 6.45) is 3.86. The first kappa shape index (κ1) is 22.7. The molecular weight excluding hydrogens is 432 g/mol. The second-order valence-electron chi connectivity index (χ2n) is 8.59. The van der Waals surface area contributed by atoms with Gasteiger partial charge in [0.25, 0.3) is 0 Å². The number of pyridine rings is 2. The van der Waals surface area contributed by atoms with Crippen LogP contribution in [0.5, 0.6) is 5.88 Å². The number of carbonyl (C=O) groups excluding carboxylic acids is 1. The van der Waals surface area contributed by atoms with Crippen LogP contribution in [0.3, 0.4) is 0 Å². The van der Waals surface area contributed by atoms with Crippen LogP contribution in [0.2, 0.25) is 0 Å². The number of hydrazone groups is 1. The highest BCUT2D eigenvalue weighted by molar-refractivity contribution is 5.98. The van der Waals surface area contributed by atoms with Gasteiger partial charge in [-0.3, -0.25) is 4.79 Å². The van der Waals surface area contributed by atoms with Crippen LogP contribution in [0, 0.1) is 6.92 Å². The van der Waals surface area contributed by atoms with Crippen LogP contribution >= 0.6 is 0 Å². The fourth-order valence-corrected chi connectivity index (χ4v) is 4.55. The molecule has 176 valence electrons. The van der Waals surface area contributed by atoms with Crippen molar-refractivity contribution >= 4 is 17.6 Å². The molecule has 1 fully saturated rings. The summed E-state index contributed by atoms with van der Waals surface area (Å²) in [5.41, 5.74) is 8.78. The van der Waals surface area contributed by atoms with E-state index >= 15 is 0 Å². The van der Waals surface area contributed by atoms with Gasteiger partial charge in [0.15, 0.2) is 5.84 Å². The minimum atomic E-state index is -2.94. The highest BCUT2D eigenvalue weighted by Crippen LogP contribution is 2.37. The van der Waals surface area contributed by atoms with Gasteiger partial charge in [0.2, 0.25) is 11.8 Å². The Morgan fingerprint density at radius 3 is 2.82 bits per heavy atom. The molecule has 1 spiro atoms. The fraction of sp³-hybridized carbons (Fsp3) is 0.455. The lowest BCUT2D eigenvalue weighted by Gasteiger charge is -2.36. The zero-order valence-corrected chi connectivity index (χ0v) is 18.5. The zero-order chi connectivity index (χ0) is 23.8. The average Bonchev–Trinajstić information content (AvgIpc) is 3.20. The summed E-state index contributed by atoms with van der Waals surface area (Å²) in [6, 6.07) is 4.91. The Balaban J connectivity index is 1.45. The normalized spacial score (nSPS) is 21.1. The maximum absolute atomic E-state index is 13.2. The first-order valence-corrected chi connectivity index (χ1v) is 10.7. The monoisotopic (exact) mass is 459 g/mol. The first-order chi connectivity index (χ1) is 15.7. The number of nitrogens with two attached hydrogens (primary N) is 2. The molecule has 0 aliphatic carbocycles. The number of nitrogens with one attached hydrogen (secondary N) is 1. The average molecular weight is 460 g/mol. The zero-order valence-electron chi connectivity index (χ0n) is 18.5. The van der Waals surface area contributed by atoms with Crippen molar-refractivity contribution in [1.82, 2.24) is 14.9 Å². The number of halogens is 2. The molecule has 0 bridgehead atoms. The van der Waals surface area contributed by atoms with Crippen molar-refractivity contribution in [3.63, 3.8) is 0 Å². The van der Waals surface area contributed by atoms with Crippen molar-refractivity contribution < 1.29 is 18.3 Å². The standard InChI is InChI=1S/C22H27F2N7O2/c1-12(15-3-4-17(27-10-15)33-21(23)24)20(32)31-8-7-22(11-31)6-5-14-9-16(18(25)30-26)13(2)28-19(14)29-22/h3-4,9-10,12,21H,5-8,11,26H2,1-2H3,(H2,25,30)(H,28,29)/t12-,22-/m0/s1. The highest BCUT2D eigenvalue weighted by Gasteiger charge is 2.43. The molecule has 2 aromatic rings. The number of alkyl halides is 2. The smallest absolute Gasteiger partial charge is 0.388 e. The molecule has 4 heterocycles. The Morgan fingerprint density at radius 2 is 2.15 bits per heavy atom. The summed E-state index contributed by atoms with van der Waals surface area (Å²) in [5.74, 6) is 5.71. The maximum atomic E-state index is 13.2. The van der Waals surface area contributed by atoms with Gasteiger partial charge in [-0.1, -0.05) is 6.07 Å². The Morgan fingerprint density at radius 1 is 1.36 bits per heavy atom. The van der Waals surface area contributed by atoms with E-state index in [0.29, 0.717) is 18.7 Å². The molecule has 11 heteroatoms. The van der Waals surface area contributed by atoms with E-state index in [1.807, 2.05) is 17.9 Å². The molecule has 5 N–H and O–H groups in total. The largest absolute Gasteiger partial charge is 0.417 e.